The van der Waals surface area contributed by atoms with E-state index in [1.807, 2.05) is 0 Å². The number of aliphatic carboxylic acids is 1. The average molecular weight is 489 g/mol. The van der Waals surface area contributed by atoms with Gasteiger partial charge in [0.15, 0.2) is 18.4 Å². The quantitative estimate of drug-likeness (QED) is 0.437. The number of ketones is 1. The predicted octanol–water partition coefficient (Wildman–Crippen LogP) is 3.64. The molecule has 0 fully saturated rings. The van der Waals surface area contributed by atoms with Crippen LogP contribution in [-0.4, -0.2) is 43.6 Å². The van der Waals surface area contributed by atoms with E-state index in [0.717, 1.165) is 0 Å². The Kier molecular flexibility index (Phi) is 7.20. The summed E-state index contributed by atoms with van der Waals surface area (Å²) in [4.78, 5) is 36.8. The van der Waals surface area contributed by atoms with E-state index in [1.54, 1.807) is 60.7 Å². The molecule has 1 aliphatic heterocycles. The van der Waals surface area contributed by atoms with Gasteiger partial charge in [-0.3, -0.25) is 9.59 Å². The number of carboxylic acids is 1. The summed E-state index contributed by atoms with van der Waals surface area (Å²) in [6, 6.07) is 16.9. The van der Waals surface area contributed by atoms with Crippen LogP contribution in [0, 0.1) is 0 Å². The van der Waals surface area contributed by atoms with Gasteiger partial charge in [-0.2, -0.15) is 0 Å². The third-order valence-electron chi connectivity index (χ3n) is 5.42. The van der Waals surface area contributed by atoms with Crippen molar-refractivity contribution in [2.45, 2.75) is 6.04 Å². The minimum absolute atomic E-state index is 0.0959. The minimum atomic E-state index is -1.20. The number of carboxylic acid groups (broad SMARTS) is 1. The van der Waals surface area contributed by atoms with Gasteiger partial charge in [-0.15, -0.1) is 0 Å². The lowest BCUT2D eigenvalue weighted by Gasteiger charge is -2.15. The smallest absolute Gasteiger partial charge is 0.330 e. The molecule has 1 heterocycles. The molecule has 3 aromatic rings. The molecule has 0 spiro atoms. The van der Waals surface area contributed by atoms with Crippen molar-refractivity contribution in [2.24, 2.45) is 0 Å². The van der Waals surface area contributed by atoms with Crippen LogP contribution in [0.1, 0.15) is 27.5 Å². The Morgan fingerprint density at radius 3 is 2.44 bits per heavy atom. The lowest BCUT2D eigenvalue weighted by molar-refractivity contribution is -0.142. The fourth-order valence-electron chi connectivity index (χ4n) is 3.64. The molecule has 9 heteroatoms. The molecule has 184 valence electrons. The number of methoxy groups -OCH3 is 2. The van der Waals surface area contributed by atoms with Crippen molar-refractivity contribution in [1.29, 1.82) is 0 Å². The number of rotatable bonds is 9. The molecule has 0 unspecified atom stereocenters. The monoisotopic (exact) mass is 489 g/mol. The summed E-state index contributed by atoms with van der Waals surface area (Å²) in [5.74, 6) is -0.328. The summed E-state index contributed by atoms with van der Waals surface area (Å²) in [6.07, 6.45) is 1.56. The molecule has 0 saturated carbocycles. The number of Topliss-reactive ketones (excluding diaryl/α,β-unsaturated/α-hetero) is 1. The van der Waals surface area contributed by atoms with Gasteiger partial charge >= 0.3 is 5.97 Å². The van der Waals surface area contributed by atoms with Crippen molar-refractivity contribution in [2.75, 3.05) is 20.8 Å². The van der Waals surface area contributed by atoms with Crippen molar-refractivity contribution in [3.8, 4) is 23.0 Å². The number of allylic oxidation sites excluding steroid dienone is 1. The Morgan fingerprint density at radius 2 is 1.75 bits per heavy atom. The molecule has 0 aliphatic carbocycles. The van der Waals surface area contributed by atoms with E-state index in [-0.39, 0.29) is 23.0 Å². The van der Waals surface area contributed by atoms with E-state index >= 15 is 0 Å². The second-order valence-corrected chi connectivity index (χ2v) is 7.74. The van der Waals surface area contributed by atoms with Gasteiger partial charge in [-0.25, -0.2) is 4.79 Å². The highest BCUT2D eigenvalue weighted by Crippen LogP contribution is 2.36. The van der Waals surface area contributed by atoms with Crippen LogP contribution in [0.3, 0.4) is 0 Å². The van der Waals surface area contributed by atoms with Gasteiger partial charge in [-0.05, 0) is 42.0 Å². The molecule has 0 bridgehead atoms. The molecule has 1 aliphatic rings. The van der Waals surface area contributed by atoms with Crippen molar-refractivity contribution in [3.05, 3.63) is 89.2 Å². The van der Waals surface area contributed by atoms with Crippen LogP contribution >= 0.6 is 0 Å². The fourth-order valence-corrected chi connectivity index (χ4v) is 3.64. The number of hydrogen-bond donors (Lipinski definition) is 2. The molecule has 9 nitrogen and oxygen atoms in total. The number of amides is 1. The molecular weight excluding hydrogens is 466 g/mol. The standard InChI is InChI=1S/C27H23NO8/c1-33-18-9-11-21(34-2)17(12-18)13-23-26(30)20-10-8-19(14-22(20)36-23)35-15-24(29)28-25(27(31)32)16-6-4-3-5-7-16/h3-14,25H,15H2,1-2H3,(H,28,29)(H,31,32)/b23-13-/t25-/m1/s1. The fraction of sp³-hybridized carbons (Fsp3) is 0.148. The number of carbonyl (C=O) groups is 3. The second kappa shape index (κ2) is 10.6. The van der Waals surface area contributed by atoms with Gasteiger partial charge in [-0.1, -0.05) is 30.3 Å². The molecule has 0 radical (unpaired) electrons. The lowest BCUT2D eigenvalue weighted by atomic mass is 10.1. The van der Waals surface area contributed by atoms with Gasteiger partial charge in [0.1, 0.15) is 23.0 Å². The average Bonchev–Trinajstić information content (AvgIpc) is 3.20. The first kappa shape index (κ1) is 24.3. The molecule has 0 saturated heterocycles. The number of nitrogens with one attached hydrogen (secondary N) is 1. The van der Waals surface area contributed by atoms with Crippen LogP contribution in [-0.2, 0) is 9.59 Å². The predicted molar refractivity (Wildman–Crippen MR) is 129 cm³/mol. The summed E-state index contributed by atoms with van der Waals surface area (Å²) in [7, 11) is 3.06. The Hall–Kier alpha value is -4.79. The zero-order chi connectivity index (χ0) is 25.7. The highest BCUT2D eigenvalue weighted by atomic mass is 16.5. The van der Waals surface area contributed by atoms with Gasteiger partial charge in [0.2, 0.25) is 5.78 Å². The van der Waals surface area contributed by atoms with E-state index in [4.69, 9.17) is 18.9 Å². The zero-order valence-corrected chi connectivity index (χ0v) is 19.5. The normalized spacial score (nSPS) is 13.9. The summed E-state index contributed by atoms with van der Waals surface area (Å²) < 4.78 is 21.9. The van der Waals surface area contributed by atoms with Gasteiger partial charge in [0.05, 0.1) is 19.8 Å². The van der Waals surface area contributed by atoms with Crippen molar-refractivity contribution < 1.29 is 38.4 Å². The first-order chi connectivity index (χ1) is 17.4. The molecular formula is C27H23NO8. The van der Waals surface area contributed by atoms with Crippen LogP contribution in [0.4, 0.5) is 0 Å². The molecule has 1 atom stereocenters. The maximum atomic E-state index is 12.8. The largest absolute Gasteiger partial charge is 0.497 e. The number of benzene rings is 3. The van der Waals surface area contributed by atoms with Crippen molar-refractivity contribution in [3.63, 3.8) is 0 Å². The molecule has 36 heavy (non-hydrogen) atoms. The summed E-state index contributed by atoms with van der Waals surface area (Å²) >= 11 is 0. The van der Waals surface area contributed by atoms with Crippen LogP contribution in [0.25, 0.3) is 6.08 Å². The van der Waals surface area contributed by atoms with E-state index in [1.165, 1.54) is 26.4 Å². The Labute approximate surface area is 206 Å². The lowest BCUT2D eigenvalue weighted by Crippen LogP contribution is -2.36. The van der Waals surface area contributed by atoms with E-state index in [0.29, 0.717) is 28.2 Å². The van der Waals surface area contributed by atoms with Gasteiger partial charge in [0, 0.05) is 11.6 Å². The zero-order valence-electron chi connectivity index (χ0n) is 19.5. The highest BCUT2D eigenvalue weighted by molar-refractivity contribution is 6.14. The first-order valence-corrected chi connectivity index (χ1v) is 10.9. The van der Waals surface area contributed by atoms with Crippen molar-refractivity contribution >= 4 is 23.7 Å². The molecule has 2 N–H and O–H groups in total. The second-order valence-electron chi connectivity index (χ2n) is 7.74. The van der Waals surface area contributed by atoms with E-state index in [9.17, 15) is 19.5 Å². The van der Waals surface area contributed by atoms with Gasteiger partial charge in [0.25, 0.3) is 5.91 Å². The Balaban J connectivity index is 1.44. The maximum Gasteiger partial charge on any atom is 0.330 e. The van der Waals surface area contributed by atoms with E-state index < -0.39 is 24.5 Å². The molecule has 1 amide bonds. The SMILES string of the molecule is COc1ccc(OC)c(/C=C2\Oc3cc(OCC(=O)N[C@@H](C(=O)O)c4ccccc4)ccc3C2=O)c1. The molecule has 0 aromatic heterocycles. The molecule has 4 rings (SSSR count). The number of fused-ring (bicyclic) bond motifs is 1. The number of hydrogen-bond acceptors (Lipinski definition) is 7. The topological polar surface area (TPSA) is 120 Å². The Bertz CT molecular complexity index is 1330. The van der Waals surface area contributed by atoms with E-state index in [2.05, 4.69) is 5.32 Å². The Morgan fingerprint density at radius 1 is 1.00 bits per heavy atom. The minimum Gasteiger partial charge on any atom is -0.497 e. The first-order valence-electron chi connectivity index (χ1n) is 10.9. The summed E-state index contributed by atoms with van der Waals surface area (Å²) in [6.45, 7) is -0.424. The van der Waals surface area contributed by atoms with Crippen LogP contribution < -0.4 is 24.3 Å². The van der Waals surface area contributed by atoms with Crippen molar-refractivity contribution in [1.82, 2.24) is 5.32 Å². The van der Waals surface area contributed by atoms with Crippen LogP contribution in [0.15, 0.2) is 72.5 Å². The maximum absolute atomic E-state index is 12.8. The third-order valence-corrected chi connectivity index (χ3v) is 5.42. The molecule has 3 aromatic carbocycles. The van der Waals surface area contributed by atoms with Gasteiger partial charge < -0.3 is 29.4 Å². The summed E-state index contributed by atoms with van der Waals surface area (Å²) in [5, 5.41) is 11.9. The number of ether oxygens (including phenoxy) is 4. The number of carbonyl (C=O) groups excluding carboxylic acids is 2. The van der Waals surface area contributed by atoms with Crippen LogP contribution in [0.2, 0.25) is 0 Å². The van der Waals surface area contributed by atoms with Crippen LogP contribution in [0.5, 0.6) is 23.0 Å². The third kappa shape index (κ3) is 5.30. The highest BCUT2D eigenvalue weighted by Gasteiger charge is 2.28. The summed E-state index contributed by atoms with van der Waals surface area (Å²) in [5.41, 5.74) is 1.39.